The molecule has 0 aliphatic heterocycles. The highest BCUT2D eigenvalue weighted by atomic mass is 35.5. The molecule has 0 fully saturated rings. The van der Waals surface area contributed by atoms with E-state index in [0.29, 0.717) is 5.76 Å². The number of ether oxygens (including phenoxy) is 1. The van der Waals surface area contributed by atoms with Gasteiger partial charge in [-0.1, -0.05) is 17.7 Å². The Morgan fingerprint density at radius 3 is 2.81 bits per heavy atom. The number of rotatable bonds is 5. The molecule has 0 aliphatic rings. The van der Waals surface area contributed by atoms with Gasteiger partial charge < -0.3 is 20.2 Å². The summed E-state index contributed by atoms with van der Waals surface area (Å²) >= 11 is 5.80. The Balaban J connectivity index is 1.83. The summed E-state index contributed by atoms with van der Waals surface area (Å²) < 4.78 is 9.93. The normalized spacial score (nSPS) is 10.1. The van der Waals surface area contributed by atoms with Crippen molar-refractivity contribution in [1.29, 1.82) is 0 Å². The van der Waals surface area contributed by atoms with E-state index in [0.717, 1.165) is 0 Å². The van der Waals surface area contributed by atoms with E-state index < -0.39 is 18.5 Å². The van der Waals surface area contributed by atoms with E-state index in [1.807, 2.05) is 0 Å². The molecule has 7 heteroatoms. The predicted octanol–water partition coefficient (Wildman–Crippen LogP) is 1.99. The lowest BCUT2D eigenvalue weighted by Gasteiger charge is -2.08. The molecule has 6 nitrogen and oxygen atoms in total. The van der Waals surface area contributed by atoms with Gasteiger partial charge in [0.15, 0.2) is 6.61 Å². The van der Waals surface area contributed by atoms with Gasteiger partial charge in [-0.25, -0.2) is 4.79 Å². The number of anilines is 1. The maximum atomic E-state index is 11.8. The molecule has 1 heterocycles. The van der Waals surface area contributed by atoms with E-state index in [-0.39, 0.29) is 22.8 Å². The topological polar surface area (TPSA) is 94.6 Å². The van der Waals surface area contributed by atoms with Gasteiger partial charge in [0.1, 0.15) is 5.76 Å². The van der Waals surface area contributed by atoms with Crippen LogP contribution < -0.4 is 11.1 Å². The molecule has 1 amide bonds. The van der Waals surface area contributed by atoms with E-state index in [9.17, 15) is 9.59 Å². The quantitative estimate of drug-likeness (QED) is 0.650. The number of nitrogens with one attached hydrogen (secondary N) is 1. The van der Waals surface area contributed by atoms with E-state index in [1.165, 1.54) is 12.3 Å². The number of para-hydroxylation sites is 1. The van der Waals surface area contributed by atoms with Crippen LogP contribution in [-0.4, -0.2) is 18.5 Å². The molecular weight excluding hydrogens is 296 g/mol. The zero-order chi connectivity index (χ0) is 15.2. The number of hydrogen-bond acceptors (Lipinski definition) is 5. The molecule has 0 bridgehead atoms. The molecule has 0 aliphatic carbocycles. The van der Waals surface area contributed by atoms with Crippen LogP contribution in [0, 0.1) is 0 Å². The first-order valence-electron chi connectivity index (χ1n) is 6.08. The van der Waals surface area contributed by atoms with Gasteiger partial charge in [-0.15, -0.1) is 0 Å². The van der Waals surface area contributed by atoms with Crippen LogP contribution in [0.2, 0.25) is 5.02 Å². The lowest BCUT2D eigenvalue weighted by Crippen LogP contribution is -2.28. The standard InChI is InChI=1S/C14H13ClN2O4/c15-11-5-1-4-10(13(11)16)14(19)21-8-12(18)17-7-9-3-2-6-20-9/h1-6H,7-8,16H2,(H,17,18). The molecule has 0 radical (unpaired) electrons. The van der Waals surface area contributed by atoms with E-state index in [1.54, 1.807) is 24.3 Å². The number of nitrogens with two attached hydrogens (primary N) is 1. The van der Waals surface area contributed by atoms with Crippen molar-refractivity contribution in [3.8, 4) is 0 Å². The number of halogens is 1. The maximum absolute atomic E-state index is 11.8. The molecule has 0 spiro atoms. The molecule has 1 aromatic carbocycles. The van der Waals surface area contributed by atoms with Gasteiger partial charge in [-0.3, -0.25) is 4.79 Å². The number of furan rings is 1. The van der Waals surface area contributed by atoms with Crippen molar-refractivity contribution >= 4 is 29.2 Å². The number of carbonyl (C=O) groups is 2. The number of nitrogen functional groups attached to an aromatic ring is 1. The summed E-state index contributed by atoms with van der Waals surface area (Å²) in [6.07, 6.45) is 1.50. The van der Waals surface area contributed by atoms with Gasteiger partial charge >= 0.3 is 5.97 Å². The van der Waals surface area contributed by atoms with Gasteiger partial charge in [0.05, 0.1) is 29.1 Å². The van der Waals surface area contributed by atoms with Gasteiger partial charge in [0.2, 0.25) is 0 Å². The van der Waals surface area contributed by atoms with Crippen molar-refractivity contribution in [1.82, 2.24) is 5.32 Å². The number of amides is 1. The van der Waals surface area contributed by atoms with Crippen LogP contribution in [0.15, 0.2) is 41.0 Å². The lowest BCUT2D eigenvalue weighted by molar-refractivity contribution is -0.124. The highest BCUT2D eigenvalue weighted by molar-refractivity contribution is 6.33. The Kier molecular flexibility index (Phi) is 4.84. The Hall–Kier alpha value is -2.47. The minimum absolute atomic E-state index is 0.125. The molecule has 110 valence electrons. The van der Waals surface area contributed by atoms with Crippen LogP contribution in [0.5, 0.6) is 0 Å². The summed E-state index contributed by atoms with van der Waals surface area (Å²) in [7, 11) is 0. The smallest absolute Gasteiger partial charge is 0.340 e. The van der Waals surface area contributed by atoms with Gasteiger partial charge in [-0.2, -0.15) is 0 Å². The second kappa shape index (κ2) is 6.81. The fourth-order valence-corrected chi connectivity index (χ4v) is 1.75. The van der Waals surface area contributed by atoms with Crippen molar-refractivity contribution in [2.75, 3.05) is 12.3 Å². The average Bonchev–Trinajstić information content (AvgIpc) is 2.99. The molecule has 2 rings (SSSR count). The minimum atomic E-state index is -0.705. The Bertz CT molecular complexity index is 640. The van der Waals surface area contributed by atoms with E-state index >= 15 is 0 Å². The zero-order valence-corrected chi connectivity index (χ0v) is 11.7. The zero-order valence-electron chi connectivity index (χ0n) is 11.0. The Morgan fingerprint density at radius 2 is 2.10 bits per heavy atom. The van der Waals surface area contributed by atoms with Crippen molar-refractivity contribution in [2.24, 2.45) is 0 Å². The van der Waals surface area contributed by atoms with Crippen LogP contribution in [-0.2, 0) is 16.1 Å². The Labute approximate surface area is 125 Å². The number of hydrogen-bond donors (Lipinski definition) is 2. The summed E-state index contributed by atoms with van der Waals surface area (Å²) in [4.78, 5) is 23.3. The van der Waals surface area contributed by atoms with Crippen molar-refractivity contribution in [3.05, 3.63) is 52.9 Å². The molecule has 1 aromatic heterocycles. The predicted molar refractivity (Wildman–Crippen MR) is 76.7 cm³/mol. The number of benzene rings is 1. The van der Waals surface area contributed by atoms with Gasteiger partial charge in [0.25, 0.3) is 5.91 Å². The second-order valence-electron chi connectivity index (χ2n) is 4.13. The van der Waals surface area contributed by atoms with Gasteiger partial charge in [-0.05, 0) is 24.3 Å². The summed E-state index contributed by atoms with van der Waals surface area (Å²) in [5.41, 5.74) is 5.92. The molecule has 0 atom stereocenters. The third-order valence-corrected chi connectivity index (χ3v) is 2.98. The van der Waals surface area contributed by atoms with Crippen LogP contribution in [0.3, 0.4) is 0 Å². The van der Waals surface area contributed by atoms with Crippen molar-refractivity contribution in [2.45, 2.75) is 6.54 Å². The molecule has 0 saturated heterocycles. The highest BCUT2D eigenvalue weighted by Gasteiger charge is 2.14. The SMILES string of the molecule is Nc1c(Cl)cccc1C(=O)OCC(=O)NCc1ccco1. The number of carbonyl (C=O) groups excluding carboxylic acids is 2. The summed E-state index contributed by atoms with van der Waals surface area (Å²) in [5, 5.41) is 2.81. The third kappa shape index (κ3) is 4.00. The molecular formula is C14H13ClN2O4. The molecule has 0 unspecified atom stereocenters. The minimum Gasteiger partial charge on any atom is -0.467 e. The highest BCUT2D eigenvalue weighted by Crippen LogP contribution is 2.22. The van der Waals surface area contributed by atoms with Crippen LogP contribution in [0.1, 0.15) is 16.1 Å². The first-order chi connectivity index (χ1) is 10.1. The van der Waals surface area contributed by atoms with Crippen LogP contribution >= 0.6 is 11.6 Å². The molecule has 0 saturated carbocycles. The lowest BCUT2D eigenvalue weighted by atomic mass is 10.2. The fraction of sp³-hybridized carbons (Fsp3) is 0.143. The molecule has 3 N–H and O–H groups in total. The summed E-state index contributed by atoms with van der Waals surface area (Å²) in [6, 6.07) is 8.04. The van der Waals surface area contributed by atoms with Crippen molar-refractivity contribution in [3.63, 3.8) is 0 Å². The summed E-state index contributed by atoms with van der Waals surface area (Å²) in [5.74, 6) is -0.544. The Morgan fingerprint density at radius 1 is 1.29 bits per heavy atom. The van der Waals surface area contributed by atoms with E-state index in [2.05, 4.69) is 5.32 Å². The van der Waals surface area contributed by atoms with Gasteiger partial charge in [0, 0.05) is 0 Å². The number of esters is 1. The van der Waals surface area contributed by atoms with Crippen LogP contribution in [0.4, 0.5) is 5.69 Å². The third-order valence-electron chi connectivity index (χ3n) is 2.65. The molecule has 21 heavy (non-hydrogen) atoms. The van der Waals surface area contributed by atoms with E-state index in [4.69, 9.17) is 26.5 Å². The summed E-state index contributed by atoms with van der Waals surface area (Å²) in [6.45, 7) is -0.186. The first-order valence-corrected chi connectivity index (χ1v) is 6.46. The largest absolute Gasteiger partial charge is 0.467 e. The van der Waals surface area contributed by atoms with Crippen LogP contribution in [0.25, 0.3) is 0 Å². The first kappa shape index (κ1) is 14.9. The molecule has 2 aromatic rings. The maximum Gasteiger partial charge on any atom is 0.340 e. The van der Waals surface area contributed by atoms with Crippen molar-refractivity contribution < 1.29 is 18.7 Å². The monoisotopic (exact) mass is 308 g/mol. The fourth-order valence-electron chi connectivity index (χ4n) is 1.57. The second-order valence-corrected chi connectivity index (χ2v) is 4.54. The average molecular weight is 309 g/mol.